The van der Waals surface area contributed by atoms with Gasteiger partial charge in [-0.1, -0.05) is 6.07 Å². The van der Waals surface area contributed by atoms with E-state index in [-0.39, 0.29) is 18.5 Å². The molecule has 0 bridgehead atoms. The van der Waals surface area contributed by atoms with Crippen LogP contribution in [-0.2, 0) is 27.8 Å². The SMILES string of the molecule is COc1ccc2[nH]c3c(c2c1)CCCC3NC(=O)Cn1ccc2c(NS(C)(=O)=O)cccc21. The minimum absolute atomic E-state index is 0.0797. The Morgan fingerprint density at radius 2 is 2.06 bits per heavy atom. The second kappa shape index (κ2) is 8.15. The molecular formula is C24H26N4O4S. The van der Waals surface area contributed by atoms with E-state index in [1.807, 2.05) is 34.9 Å². The number of fused-ring (bicyclic) bond motifs is 4. The number of amides is 1. The van der Waals surface area contributed by atoms with E-state index >= 15 is 0 Å². The Balaban J connectivity index is 1.37. The zero-order valence-corrected chi connectivity index (χ0v) is 19.3. The van der Waals surface area contributed by atoms with Gasteiger partial charge in [0.25, 0.3) is 0 Å². The van der Waals surface area contributed by atoms with Crippen LogP contribution in [0.15, 0.2) is 48.7 Å². The number of hydrogen-bond donors (Lipinski definition) is 3. The standard InChI is InChI=1S/C24H26N4O4S/c1-32-15-9-10-19-18(13-15)16-5-3-7-21(24(16)26-19)25-23(29)14-28-12-11-17-20(27-33(2,30)31)6-4-8-22(17)28/h4,6,8-13,21,26-27H,3,5,7,14H2,1-2H3,(H,25,29). The van der Waals surface area contributed by atoms with E-state index in [0.717, 1.165) is 58.8 Å². The lowest BCUT2D eigenvalue weighted by atomic mass is 9.91. The van der Waals surface area contributed by atoms with Gasteiger partial charge in [-0.25, -0.2) is 8.42 Å². The van der Waals surface area contributed by atoms with E-state index in [2.05, 4.69) is 15.0 Å². The molecule has 0 fully saturated rings. The molecule has 9 heteroatoms. The number of rotatable bonds is 6. The summed E-state index contributed by atoms with van der Waals surface area (Å²) in [5, 5.41) is 5.08. The molecule has 4 aromatic rings. The summed E-state index contributed by atoms with van der Waals surface area (Å²) in [7, 11) is -1.73. The lowest BCUT2D eigenvalue weighted by molar-refractivity contribution is -0.122. The van der Waals surface area contributed by atoms with Crippen LogP contribution in [0.2, 0.25) is 0 Å². The van der Waals surface area contributed by atoms with Crippen LogP contribution in [0.25, 0.3) is 21.8 Å². The Hall–Kier alpha value is -3.46. The molecule has 1 aliphatic rings. The van der Waals surface area contributed by atoms with Gasteiger partial charge in [0.15, 0.2) is 0 Å². The fraction of sp³-hybridized carbons (Fsp3) is 0.292. The van der Waals surface area contributed by atoms with Crippen molar-refractivity contribution in [3.05, 3.63) is 59.9 Å². The van der Waals surface area contributed by atoms with Gasteiger partial charge in [-0.15, -0.1) is 0 Å². The molecule has 2 heterocycles. The average molecular weight is 467 g/mol. The molecule has 172 valence electrons. The number of H-pyrrole nitrogens is 1. The topological polar surface area (TPSA) is 105 Å². The Bertz CT molecular complexity index is 1470. The molecule has 0 spiro atoms. The minimum Gasteiger partial charge on any atom is -0.497 e. The number of anilines is 1. The van der Waals surface area contributed by atoms with Crippen LogP contribution in [0.5, 0.6) is 5.75 Å². The van der Waals surface area contributed by atoms with E-state index < -0.39 is 10.0 Å². The van der Waals surface area contributed by atoms with Crippen molar-refractivity contribution in [3.8, 4) is 5.75 Å². The largest absolute Gasteiger partial charge is 0.497 e. The van der Waals surface area contributed by atoms with Crippen LogP contribution in [0.4, 0.5) is 5.69 Å². The van der Waals surface area contributed by atoms with Crippen molar-refractivity contribution in [2.75, 3.05) is 18.1 Å². The summed E-state index contributed by atoms with van der Waals surface area (Å²) in [5.74, 6) is 0.725. The van der Waals surface area contributed by atoms with Crippen LogP contribution < -0.4 is 14.8 Å². The summed E-state index contributed by atoms with van der Waals surface area (Å²) in [4.78, 5) is 16.5. The van der Waals surface area contributed by atoms with Crippen LogP contribution >= 0.6 is 0 Å². The molecule has 5 rings (SSSR count). The predicted molar refractivity (Wildman–Crippen MR) is 129 cm³/mol. The summed E-state index contributed by atoms with van der Waals surface area (Å²) in [6.45, 7) is 0.145. The van der Waals surface area contributed by atoms with E-state index in [4.69, 9.17) is 4.74 Å². The lowest BCUT2D eigenvalue weighted by Gasteiger charge is -2.24. The average Bonchev–Trinajstić information content (AvgIpc) is 3.35. The molecule has 0 saturated heterocycles. The predicted octanol–water partition coefficient (Wildman–Crippen LogP) is 3.70. The fourth-order valence-electron chi connectivity index (χ4n) is 4.76. The van der Waals surface area contributed by atoms with Gasteiger partial charge in [-0.3, -0.25) is 9.52 Å². The van der Waals surface area contributed by atoms with Crippen LogP contribution in [0.1, 0.15) is 30.1 Å². The first-order valence-corrected chi connectivity index (χ1v) is 12.7. The molecule has 33 heavy (non-hydrogen) atoms. The highest BCUT2D eigenvalue weighted by molar-refractivity contribution is 7.92. The third-order valence-corrected chi connectivity index (χ3v) is 6.76. The Morgan fingerprint density at radius 1 is 1.21 bits per heavy atom. The molecule has 0 saturated carbocycles. The number of hydrogen-bond acceptors (Lipinski definition) is 4. The van der Waals surface area contributed by atoms with E-state index in [9.17, 15) is 13.2 Å². The van der Waals surface area contributed by atoms with E-state index in [0.29, 0.717) is 5.69 Å². The van der Waals surface area contributed by atoms with Crippen molar-refractivity contribution < 1.29 is 17.9 Å². The van der Waals surface area contributed by atoms with Gasteiger partial charge in [-0.05, 0) is 61.2 Å². The monoisotopic (exact) mass is 466 g/mol. The number of aromatic nitrogens is 2. The summed E-state index contributed by atoms with van der Waals surface area (Å²) >= 11 is 0. The molecule has 1 atom stereocenters. The summed E-state index contributed by atoms with van der Waals surface area (Å²) in [6, 6.07) is 13.1. The zero-order chi connectivity index (χ0) is 23.2. The molecule has 0 aliphatic heterocycles. The number of aromatic amines is 1. The van der Waals surface area contributed by atoms with Gasteiger partial charge < -0.3 is 19.6 Å². The number of methoxy groups -OCH3 is 1. The minimum atomic E-state index is -3.40. The van der Waals surface area contributed by atoms with Crippen LogP contribution in [0, 0.1) is 0 Å². The maximum absolute atomic E-state index is 13.0. The van der Waals surface area contributed by atoms with Crippen molar-refractivity contribution >= 4 is 43.4 Å². The van der Waals surface area contributed by atoms with Crippen molar-refractivity contribution in [1.82, 2.24) is 14.9 Å². The van der Waals surface area contributed by atoms with Gasteiger partial charge in [0.05, 0.1) is 30.6 Å². The third-order valence-electron chi connectivity index (χ3n) is 6.17. The van der Waals surface area contributed by atoms with Crippen molar-refractivity contribution in [3.63, 3.8) is 0 Å². The van der Waals surface area contributed by atoms with Gasteiger partial charge in [0.2, 0.25) is 15.9 Å². The van der Waals surface area contributed by atoms with Crippen molar-refractivity contribution in [1.29, 1.82) is 0 Å². The van der Waals surface area contributed by atoms with Crippen molar-refractivity contribution in [2.24, 2.45) is 0 Å². The van der Waals surface area contributed by atoms with Gasteiger partial charge in [0, 0.05) is 28.2 Å². The number of ether oxygens (including phenoxy) is 1. The van der Waals surface area contributed by atoms with Crippen molar-refractivity contribution in [2.45, 2.75) is 31.8 Å². The van der Waals surface area contributed by atoms with E-state index in [1.54, 1.807) is 25.4 Å². The highest BCUT2D eigenvalue weighted by atomic mass is 32.2. The molecule has 0 radical (unpaired) electrons. The van der Waals surface area contributed by atoms with Gasteiger partial charge >= 0.3 is 0 Å². The molecule has 3 N–H and O–H groups in total. The Labute approximate surface area is 192 Å². The zero-order valence-electron chi connectivity index (χ0n) is 18.5. The number of aryl methyl sites for hydroxylation is 1. The van der Waals surface area contributed by atoms with E-state index in [1.165, 1.54) is 5.56 Å². The second-order valence-corrected chi connectivity index (χ2v) is 10.2. The summed E-state index contributed by atoms with van der Waals surface area (Å²) in [5.41, 5.74) is 4.64. The molecule has 2 aromatic carbocycles. The second-order valence-electron chi connectivity index (χ2n) is 8.50. The first-order chi connectivity index (χ1) is 15.8. The number of sulfonamides is 1. The molecule has 1 unspecified atom stereocenters. The number of carbonyl (C=O) groups is 1. The Morgan fingerprint density at radius 3 is 2.85 bits per heavy atom. The Kier molecular flexibility index (Phi) is 5.28. The first-order valence-electron chi connectivity index (χ1n) is 10.9. The first kappa shape index (κ1) is 21.4. The third kappa shape index (κ3) is 4.16. The summed E-state index contributed by atoms with van der Waals surface area (Å²) < 4.78 is 33.1. The molecule has 1 aliphatic carbocycles. The number of benzene rings is 2. The number of carbonyl (C=O) groups excluding carboxylic acids is 1. The maximum atomic E-state index is 13.0. The normalized spacial score (nSPS) is 16.0. The van der Waals surface area contributed by atoms with Crippen LogP contribution in [0.3, 0.4) is 0 Å². The highest BCUT2D eigenvalue weighted by Crippen LogP contribution is 2.36. The highest BCUT2D eigenvalue weighted by Gasteiger charge is 2.26. The maximum Gasteiger partial charge on any atom is 0.240 e. The molecule has 8 nitrogen and oxygen atoms in total. The molecule has 1 amide bonds. The summed E-state index contributed by atoms with van der Waals surface area (Å²) in [6.07, 6.45) is 5.76. The number of nitrogens with one attached hydrogen (secondary N) is 3. The molecule has 2 aromatic heterocycles. The van der Waals surface area contributed by atoms with Crippen LogP contribution in [-0.4, -0.2) is 37.2 Å². The lowest BCUT2D eigenvalue weighted by Crippen LogP contribution is -2.33. The molecular weight excluding hydrogens is 440 g/mol. The van der Waals surface area contributed by atoms with Gasteiger partial charge in [0.1, 0.15) is 12.3 Å². The fourth-order valence-corrected chi connectivity index (χ4v) is 5.34. The smallest absolute Gasteiger partial charge is 0.240 e. The van der Waals surface area contributed by atoms with Gasteiger partial charge in [-0.2, -0.15) is 0 Å². The number of nitrogens with zero attached hydrogens (tertiary/aromatic N) is 1. The quantitative estimate of drug-likeness (QED) is 0.403.